The first-order valence-corrected chi connectivity index (χ1v) is 5.12. The number of aromatic nitrogens is 1. The minimum atomic E-state index is 0.652. The fourth-order valence-electron chi connectivity index (χ4n) is 1.43. The topological polar surface area (TPSA) is 63.6 Å². The van der Waals surface area contributed by atoms with Crippen molar-refractivity contribution in [2.45, 2.75) is 19.8 Å². The number of hydrogen-bond donors (Lipinski definition) is 1. The Kier molecular flexibility index (Phi) is 2.76. The number of nitrogens with zero attached hydrogens (tertiary/aromatic N) is 3. The van der Waals surface area contributed by atoms with Gasteiger partial charge in [-0.1, -0.05) is 6.92 Å². The van der Waals surface area contributed by atoms with E-state index in [1.54, 1.807) is 6.20 Å². The van der Waals surface area contributed by atoms with E-state index in [1.807, 2.05) is 12.1 Å². The van der Waals surface area contributed by atoms with E-state index >= 15 is 0 Å². The molecule has 1 aromatic heterocycles. The molecular weight excluding hydrogens is 188 g/mol. The Morgan fingerprint density at radius 3 is 2.87 bits per heavy atom. The average Bonchev–Trinajstić information content (AvgIpc) is 2.29. The number of aliphatic imine (C=N–C) groups is 2. The Morgan fingerprint density at radius 1 is 1.40 bits per heavy atom. The zero-order valence-electron chi connectivity index (χ0n) is 8.77. The number of rotatable bonds is 2. The highest BCUT2D eigenvalue weighted by molar-refractivity contribution is 6.07. The second kappa shape index (κ2) is 4.21. The third-order valence-electron chi connectivity index (χ3n) is 2.32. The van der Waals surface area contributed by atoms with Crippen molar-refractivity contribution in [3.63, 3.8) is 0 Å². The summed E-state index contributed by atoms with van der Waals surface area (Å²) in [6.07, 6.45) is 3.50. The molecule has 0 spiro atoms. The molecule has 15 heavy (non-hydrogen) atoms. The quantitative estimate of drug-likeness (QED) is 0.782. The van der Waals surface area contributed by atoms with E-state index in [-0.39, 0.29) is 0 Å². The predicted molar refractivity (Wildman–Crippen MR) is 61.3 cm³/mol. The van der Waals surface area contributed by atoms with Gasteiger partial charge in [0.15, 0.2) is 5.84 Å². The van der Waals surface area contributed by atoms with E-state index in [9.17, 15) is 0 Å². The number of amidine groups is 2. The molecule has 0 amide bonds. The minimum absolute atomic E-state index is 0.652. The van der Waals surface area contributed by atoms with Crippen molar-refractivity contribution in [1.82, 2.24) is 4.98 Å². The fourth-order valence-corrected chi connectivity index (χ4v) is 1.43. The van der Waals surface area contributed by atoms with Crippen molar-refractivity contribution in [2.75, 3.05) is 6.54 Å². The summed E-state index contributed by atoms with van der Waals surface area (Å²) in [5.74, 6) is 1.36. The fraction of sp³-hybridized carbons (Fsp3) is 0.364. The van der Waals surface area contributed by atoms with Gasteiger partial charge in [0.1, 0.15) is 5.84 Å². The zero-order chi connectivity index (χ0) is 10.7. The SMILES string of the molecule is CCc1ccc(C2=NCCC(N)=N2)cn1. The van der Waals surface area contributed by atoms with Gasteiger partial charge in [0.2, 0.25) is 0 Å². The highest BCUT2D eigenvalue weighted by Crippen LogP contribution is 2.07. The van der Waals surface area contributed by atoms with E-state index in [4.69, 9.17) is 5.73 Å². The maximum atomic E-state index is 5.67. The smallest absolute Gasteiger partial charge is 0.158 e. The van der Waals surface area contributed by atoms with E-state index in [2.05, 4.69) is 21.9 Å². The Morgan fingerprint density at radius 2 is 2.27 bits per heavy atom. The van der Waals surface area contributed by atoms with E-state index in [0.717, 1.165) is 30.6 Å². The van der Waals surface area contributed by atoms with Crippen LogP contribution in [0.2, 0.25) is 0 Å². The number of hydrogen-bond acceptors (Lipinski definition) is 4. The van der Waals surface area contributed by atoms with Gasteiger partial charge in [0.05, 0.1) is 0 Å². The summed E-state index contributed by atoms with van der Waals surface area (Å²) in [5.41, 5.74) is 7.68. The Hall–Kier alpha value is -1.71. The molecule has 0 saturated carbocycles. The summed E-state index contributed by atoms with van der Waals surface area (Å²) in [6.45, 7) is 2.80. The van der Waals surface area contributed by atoms with Crippen LogP contribution in [0.4, 0.5) is 0 Å². The van der Waals surface area contributed by atoms with Gasteiger partial charge in [-0.25, -0.2) is 4.99 Å². The van der Waals surface area contributed by atoms with Gasteiger partial charge < -0.3 is 5.73 Å². The second-order valence-corrected chi connectivity index (χ2v) is 3.45. The Balaban J connectivity index is 2.26. The van der Waals surface area contributed by atoms with Crippen molar-refractivity contribution in [2.24, 2.45) is 15.7 Å². The maximum Gasteiger partial charge on any atom is 0.158 e. The van der Waals surface area contributed by atoms with Crippen LogP contribution in [0.25, 0.3) is 0 Å². The molecule has 0 aromatic carbocycles. The molecule has 0 fully saturated rings. The van der Waals surface area contributed by atoms with Gasteiger partial charge in [0.25, 0.3) is 0 Å². The standard InChI is InChI=1S/C11H14N4/c1-2-9-4-3-8(7-14-9)11-13-6-5-10(12)15-11/h3-4,7H,2,5-6H2,1H3,(H2,12,13,15). The first-order chi connectivity index (χ1) is 7.29. The molecule has 2 N–H and O–H groups in total. The Labute approximate surface area is 89.0 Å². The van der Waals surface area contributed by atoms with Crippen molar-refractivity contribution in [3.05, 3.63) is 29.6 Å². The zero-order valence-corrected chi connectivity index (χ0v) is 8.77. The molecule has 1 aliphatic rings. The summed E-state index contributed by atoms with van der Waals surface area (Å²) in [6, 6.07) is 3.99. The maximum absolute atomic E-state index is 5.67. The van der Waals surface area contributed by atoms with Gasteiger partial charge in [0, 0.05) is 30.4 Å². The molecule has 2 heterocycles. The lowest BCUT2D eigenvalue weighted by Crippen LogP contribution is -2.20. The third kappa shape index (κ3) is 2.21. The average molecular weight is 202 g/mol. The summed E-state index contributed by atoms with van der Waals surface area (Å²) in [5, 5.41) is 0. The van der Waals surface area contributed by atoms with Crippen LogP contribution >= 0.6 is 0 Å². The lowest BCUT2D eigenvalue weighted by molar-refractivity contribution is 0.997. The van der Waals surface area contributed by atoms with Crippen LogP contribution in [-0.2, 0) is 6.42 Å². The lowest BCUT2D eigenvalue weighted by Gasteiger charge is -2.08. The molecule has 1 aliphatic heterocycles. The highest BCUT2D eigenvalue weighted by Gasteiger charge is 2.08. The summed E-state index contributed by atoms with van der Waals surface area (Å²) < 4.78 is 0. The van der Waals surface area contributed by atoms with Crippen LogP contribution in [-0.4, -0.2) is 23.2 Å². The monoisotopic (exact) mass is 202 g/mol. The van der Waals surface area contributed by atoms with Gasteiger partial charge in [-0.05, 0) is 18.6 Å². The lowest BCUT2D eigenvalue weighted by atomic mass is 10.2. The largest absolute Gasteiger partial charge is 0.387 e. The van der Waals surface area contributed by atoms with Crippen LogP contribution in [0, 0.1) is 0 Å². The van der Waals surface area contributed by atoms with Gasteiger partial charge in [-0.2, -0.15) is 0 Å². The normalized spacial score (nSPS) is 15.8. The van der Waals surface area contributed by atoms with Gasteiger partial charge in [-0.3, -0.25) is 9.98 Å². The first-order valence-electron chi connectivity index (χ1n) is 5.12. The van der Waals surface area contributed by atoms with Gasteiger partial charge in [-0.15, -0.1) is 0 Å². The van der Waals surface area contributed by atoms with Crippen LogP contribution in [0.1, 0.15) is 24.6 Å². The predicted octanol–water partition coefficient (Wildman–Crippen LogP) is 1.15. The number of nitrogens with two attached hydrogens (primary N) is 1. The molecule has 0 unspecified atom stereocenters. The summed E-state index contributed by atoms with van der Waals surface area (Å²) in [7, 11) is 0. The molecule has 78 valence electrons. The first kappa shape index (κ1) is 9.83. The summed E-state index contributed by atoms with van der Waals surface area (Å²) in [4.78, 5) is 12.8. The van der Waals surface area contributed by atoms with Crippen LogP contribution < -0.4 is 5.73 Å². The van der Waals surface area contributed by atoms with E-state index in [1.165, 1.54) is 0 Å². The van der Waals surface area contributed by atoms with Crippen molar-refractivity contribution in [3.8, 4) is 0 Å². The third-order valence-corrected chi connectivity index (χ3v) is 2.32. The van der Waals surface area contributed by atoms with Crippen LogP contribution in [0.5, 0.6) is 0 Å². The minimum Gasteiger partial charge on any atom is -0.387 e. The molecule has 4 heteroatoms. The molecular formula is C11H14N4. The second-order valence-electron chi connectivity index (χ2n) is 3.45. The van der Waals surface area contributed by atoms with E-state index in [0.29, 0.717) is 11.7 Å². The van der Waals surface area contributed by atoms with Crippen molar-refractivity contribution in [1.29, 1.82) is 0 Å². The van der Waals surface area contributed by atoms with Crippen LogP contribution in [0.3, 0.4) is 0 Å². The van der Waals surface area contributed by atoms with Gasteiger partial charge >= 0.3 is 0 Å². The molecule has 0 saturated heterocycles. The molecule has 2 rings (SSSR count). The highest BCUT2D eigenvalue weighted by atomic mass is 15.0. The van der Waals surface area contributed by atoms with Crippen molar-refractivity contribution < 1.29 is 0 Å². The summed E-state index contributed by atoms with van der Waals surface area (Å²) >= 11 is 0. The molecule has 0 radical (unpaired) electrons. The van der Waals surface area contributed by atoms with E-state index < -0.39 is 0 Å². The van der Waals surface area contributed by atoms with Crippen molar-refractivity contribution >= 4 is 11.7 Å². The number of aryl methyl sites for hydroxylation is 1. The molecule has 4 nitrogen and oxygen atoms in total. The molecule has 0 bridgehead atoms. The molecule has 1 aromatic rings. The number of pyridine rings is 1. The molecule has 0 aliphatic carbocycles. The molecule has 0 atom stereocenters. The van der Waals surface area contributed by atoms with Crippen LogP contribution in [0.15, 0.2) is 28.3 Å². The Bertz CT molecular complexity index is 403.